The SMILES string of the molecule is CCN(CC)c1ccc(C=C2SC(=N)N(c3ccc(C)c(C)c3)C2=O)c(OCc2ccc(F)cc2)c1. The average Bonchev–Trinajstić information content (AvgIpc) is 3.15. The van der Waals surface area contributed by atoms with Gasteiger partial charge in [-0.3, -0.25) is 15.1 Å². The van der Waals surface area contributed by atoms with Gasteiger partial charge in [-0.05, 0) is 98.6 Å². The van der Waals surface area contributed by atoms with Crippen molar-refractivity contribution < 1.29 is 13.9 Å². The summed E-state index contributed by atoms with van der Waals surface area (Å²) >= 11 is 1.14. The number of carbonyl (C=O) groups is 1. The first-order valence-electron chi connectivity index (χ1n) is 12.0. The highest BCUT2D eigenvalue weighted by atomic mass is 32.2. The second kappa shape index (κ2) is 11.0. The smallest absolute Gasteiger partial charge is 0.271 e. The molecule has 0 atom stereocenters. The molecule has 0 saturated carbocycles. The molecule has 1 heterocycles. The number of halogens is 1. The second-order valence-corrected chi connectivity index (χ2v) is 9.67. The van der Waals surface area contributed by atoms with Gasteiger partial charge in [0.05, 0.1) is 10.6 Å². The summed E-state index contributed by atoms with van der Waals surface area (Å²) in [6.07, 6.45) is 1.79. The van der Waals surface area contributed by atoms with Crippen LogP contribution in [-0.4, -0.2) is 24.2 Å². The highest BCUT2D eigenvalue weighted by molar-refractivity contribution is 8.19. The van der Waals surface area contributed by atoms with Crippen LogP contribution in [0.3, 0.4) is 0 Å². The maximum atomic E-state index is 13.3. The Bertz CT molecular complexity index is 1320. The van der Waals surface area contributed by atoms with E-state index in [0.29, 0.717) is 16.3 Å². The average molecular weight is 504 g/mol. The number of benzene rings is 3. The molecule has 5 nitrogen and oxygen atoms in total. The van der Waals surface area contributed by atoms with Crippen LogP contribution < -0.4 is 14.5 Å². The Morgan fingerprint density at radius 2 is 1.72 bits per heavy atom. The standard InChI is InChI=1S/C29H30FN3O2S/c1-5-32(6-2)24-14-10-22(26(17-24)35-18-21-8-11-23(30)12-9-21)16-27-28(34)33(29(31)36-27)25-13-7-19(3)20(4)15-25/h7-17,31H,5-6,18H2,1-4H3. The molecule has 1 saturated heterocycles. The number of carbonyl (C=O) groups excluding carboxylic acids is 1. The van der Waals surface area contributed by atoms with E-state index in [4.69, 9.17) is 10.1 Å². The number of nitrogens with one attached hydrogen (secondary N) is 1. The molecule has 7 heteroatoms. The van der Waals surface area contributed by atoms with Gasteiger partial charge in [0.1, 0.15) is 18.2 Å². The number of hydrogen-bond donors (Lipinski definition) is 1. The van der Waals surface area contributed by atoms with Gasteiger partial charge >= 0.3 is 0 Å². The van der Waals surface area contributed by atoms with Crippen LogP contribution >= 0.6 is 11.8 Å². The number of aryl methyl sites for hydroxylation is 2. The molecule has 186 valence electrons. The van der Waals surface area contributed by atoms with E-state index in [9.17, 15) is 9.18 Å². The molecule has 0 bridgehead atoms. The molecule has 0 unspecified atom stereocenters. The van der Waals surface area contributed by atoms with Crippen molar-refractivity contribution in [2.45, 2.75) is 34.3 Å². The van der Waals surface area contributed by atoms with E-state index in [2.05, 4.69) is 18.7 Å². The van der Waals surface area contributed by atoms with E-state index < -0.39 is 0 Å². The monoisotopic (exact) mass is 503 g/mol. The third kappa shape index (κ3) is 5.46. The minimum Gasteiger partial charge on any atom is -0.488 e. The number of ether oxygens (including phenoxy) is 1. The van der Waals surface area contributed by atoms with Gasteiger partial charge in [-0.1, -0.05) is 18.2 Å². The summed E-state index contributed by atoms with van der Waals surface area (Å²) < 4.78 is 19.5. The quantitative estimate of drug-likeness (QED) is 0.339. The maximum absolute atomic E-state index is 13.3. The summed E-state index contributed by atoms with van der Waals surface area (Å²) in [5.41, 5.74) is 5.51. The zero-order valence-corrected chi connectivity index (χ0v) is 21.8. The minimum atomic E-state index is -0.291. The van der Waals surface area contributed by atoms with E-state index in [1.807, 2.05) is 50.2 Å². The Morgan fingerprint density at radius 3 is 2.39 bits per heavy atom. The van der Waals surface area contributed by atoms with Crippen LogP contribution in [0.5, 0.6) is 5.75 Å². The predicted molar refractivity (Wildman–Crippen MR) is 147 cm³/mol. The molecule has 0 aliphatic carbocycles. The Hall–Kier alpha value is -3.58. The molecule has 0 spiro atoms. The normalized spacial score (nSPS) is 14.6. The zero-order chi connectivity index (χ0) is 25.8. The number of amidine groups is 1. The Labute approximate surface area is 216 Å². The summed E-state index contributed by atoms with van der Waals surface area (Å²) in [5.74, 6) is 0.103. The topological polar surface area (TPSA) is 56.6 Å². The van der Waals surface area contributed by atoms with Crippen molar-refractivity contribution in [1.29, 1.82) is 5.41 Å². The fourth-order valence-electron chi connectivity index (χ4n) is 4.02. The lowest BCUT2D eigenvalue weighted by atomic mass is 10.1. The van der Waals surface area contributed by atoms with Crippen molar-refractivity contribution >= 4 is 40.3 Å². The zero-order valence-electron chi connectivity index (χ0n) is 21.0. The Morgan fingerprint density at radius 1 is 1.00 bits per heavy atom. The number of nitrogens with zero attached hydrogens (tertiary/aromatic N) is 2. The molecule has 36 heavy (non-hydrogen) atoms. The van der Waals surface area contributed by atoms with Crippen molar-refractivity contribution in [3.05, 3.63) is 93.6 Å². The summed E-state index contributed by atoms with van der Waals surface area (Å²) in [6.45, 7) is 10.2. The fourth-order valence-corrected chi connectivity index (χ4v) is 4.87. The van der Waals surface area contributed by atoms with E-state index in [1.54, 1.807) is 18.2 Å². The van der Waals surface area contributed by atoms with Crippen LogP contribution in [0.15, 0.2) is 65.6 Å². The van der Waals surface area contributed by atoms with Gasteiger partial charge in [0, 0.05) is 30.4 Å². The molecular formula is C29H30FN3O2S. The second-order valence-electron chi connectivity index (χ2n) is 8.63. The molecule has 1 amide bonds. The van der Waals surface area contributed by atoms with Crippen LogP contribution in [0, 0.1) is 25.1 Å². The summed E-state index contributed by atoms with van der Waals surface area (Å²) in [4.78, 5) is 17.4. The molecule has 1 N–H and O–H groups in total. The van der Waals surface area contributed by atoms with Gasteiger partial charge in [-0.2, -0.15) is 0 Å². The Balaban J connectivity index is 1.66. The number of hydrogen-bond acceptors (Lipinski definition) is 5. The summed E-state index contributed by atoms with van der Waals surface area (Å²) in [6, 6.07) is 17.9. The first-order chi connectivity index (χ1) is 17.3. The van der Waals surface area contributed by atoms with Gasteiger partial charge in [0.15, 0.2) is 5.17 Å². The maximum Gasteiger partial charge on any atom is 0.271 e. The fraction of sp³-hybridized carbons (Fsp3) is 0.241. The largest absolute Gasteiger partial charge is 0.488 e. The van der Waals surface area contributed by atoms with E-state index in [1.165, 1.54) is 17.0 Å². The summed E-state index contributed by atoms with van der Waals surface area (Å²) in [5, 5.41) is 8.63. The molecule has 4 rings (SSSR count). The molecule has 0 radical (unpaired) electrons. The number of thioether (sulfide) groups is 1. The van der Waals surface area contributed by atoms with Crippen LogP contribution in [-0.2, 0) is 11.4 Å². The lowest BCUT2D eigenvalue weighted by molar-refractivity contribution is -0.113. The molecule has 3 aromatic carbocycles. The van der Waals surface area contributed by atoms with E-state index in [-0.39, 0.29) is 23.5 Å². The molecule has 0 aromatic heterocycles. The Kier molecular flexibility index (Phi) is 7.79. The van der Waals surface area contributed by atoms with E-state index >= 15 is 0 Å². The van der Waals surface area contributed by atoms with Gasteiger partial charge in [0.2, 0.25) is 0 Å². The van der Waals surface area contributed by atoms with Crippen molar-refractivity contribution in [3.8, 4) is 5.75 Å². The lowest BCUT2D eigenvalue weighted by Gasteiger charge is -2.22. The van der Waals surface area contributed by atoms with Gasteiger partial charge in [0.25, 0.3) is 5.91 Å². The lowest BCUT2D eigenvalue weighted by Crippen LogP contribution is -2.28. The van der Waals surface area contributed by atoms with Crippen molar-refractivity contribution in [3.63, 3.8) is 0 Å². The van der Waals surface area contributed by atoms with Gasteiger partial charge < -0.3 is 9.64 Å². The van der Waals surface area contributed by atoms with Crippen LogP contribution in [0.1, 0.15) is 36.1 Å². The highest BCUT2D eigenvalue weighted by Gasteiger charge is 2.34. The first-order valence-corrected chi connectivity index (χ1v) is 12.8. The summed E-state index contributed by atoms with van der Waals surface area (Å²) in [7, 11) is 0. The number of amides is 1. The molecule has 1 aliphatic rings. The van der Waals surface area contributed by atoms with Crippen molar-refractivity contribution in [2.24, 2.45) is 0 Å². The highest BCUT2D eigenvalue weighted by Crippen LogP contribution is 2.38. The van der Waals surface area contributed by atoms with Gasteiger partial charge in [-0.25, -0.2) is 4.39 Å². The van der Waals surface area contributed by atoms with Crippen LogP contribution in [0.2, 0.25) is 0 Å². The minimum absolute atomic E-state index is 0.169. The third-order valence-corrected chi connectivity index (χ3v) is 7.18. The molecule has 1 aliphatic heterocycles. The van der Waals surface area contributed by atoms with Crippen LogP contribution in [0.25, 0.3) is 6.08 Å². The van der Waals surface area contributed by atoms with Crippen LogP contribution in [0.4, 0.5) is 15.8 Å². The van der Waals surface area contributed by atoms with Crippen molar-refractivity contribution in [2.75, 3.05) is 22.9 Å². The predicted octanol–water partition coefficient (Wildman–Crippen LogP) is 6.92. The van der Waals surface area contributed by atoms with E-state index in [0.717, 1.165) is 52.8 Å². The first kappa shape index (κ1) is 25.5. The third-order valence-electron chi connectivity index (χ3n) is 6.29. The molecule has 3 aromatic rings. The molecule has 1 fully saturated rings. The number of rotatable bonds is 8. The number of anilines is 2. The van der Waals surface area contributed by atoms with Gasteiger partial charge in [-0.15, -0.1) is 0 Å². The molecular weight excluding hydrogens is 473 g/mol. The van der Waals surface area contributed by atoms with Crippen molar-refractivity contribution in [1.82, 2.24) is 0 Å².